The molecule has 0 amide bonds. The maximum Gasteiger partial charge on any atom is 0.119 e. The van der Waals surface area contributed by atoms with Gasteiger partial charge >= 0.3 is 0 Å². The lowest BCUT2D eigenvalue weighted by atomic mass is 10.2. The zero-order valence-corrected chi connectivity index (χ0v) is 11.4. The van der Waals surface area contributed by atoms with Crippen molar-refractivity contribution in [1.82, 2.24) is 15.3 Å². The van der Waals surface area contributed by atoms with Gasteiger partial charge < -0.3 is 15.0 Å². The zero-order chi connectivity index (χ0) is 13.3. The van der Waals surface area contributed by atoms with Gasteiger partial charge in [-0.25, -0.2) is 4.98 Å². The molecule has 2 rings (SSSR count). The van der Waals surface area contributed by atoms with Crippen LogP contribution in [0.4, 0.5) is 0 Å². The summed E-state index contributed by atoms with van der Waals surface area (Å²) in [6.07, 6.45) is 5.58. The van der Waals surface area contributed by atoms with Crippen LogP contribution in [0.2, 0.25) is 0 Å². The molecule has 4 nitrogen and oxygen atoms in total. The van der Waals surface area contributed by atoms with E-state index in [0.29, 0.717) is 0 Å². The summed E-state index contributed by atoms with van der Waals surface area (Å²) in [5.41, 5.74) is 1.24. The number of H-pyrrole nitrogens is 1. The van der Waals surface area contributed by atoms with Gasteiger partial charge in [-0.2, -0.15) is 0 Å². The number of rotatable bonds is 8. The van der Waals surface area contributed by atoms with E-state index in [4.69, 9.17) is 4.74 Å². The minimum absolute atomic E-state index is 0.773. The molecule has 0 spiro atoms. The van der Waals surface area contributed by atoms with Crippen molar-refractivity contribution in [3.8, 4) is 5.75 Å². The molecule has 4 heteroatoms. The highest BCUT2D eigenvalue weighted by Crippen LogP contribution is 2.13. The summed E-state index contributed by atoms with van der Waals surface area (Å²) in [7, 11) is 0. The lowest BCUT2D eigenvalue weighted by molar-refractivity contribution is 0.317. The molecule has 19 heavy (non-hydrogen) atoms. The second kappa shape index (κ2) is 7.59. The van der Waals surface area contributed by atoms with Gasteiger partial charge in [0, 0.05) is 31.9 Å². The molecular formula is C15H21N3O. The highest BCUT2D eigenvalue weighted by Gasteiger charge is 1.98. The normalized spacial score (nSPS) is 10.6. The average Bonchev–Trinajstić information content (AvgIpc) is 2.95. The second-order valence-corrected chi connectivity index (χ2v) is 4.46. The second-order valence-electron chi connectivity index (χ2n) is 4.46. The summed E-state index contributed by atoms with van der Waals surface area (Å²) in [5, 5.41) is 3.41. The number of hydrogen-bond acceptors (Lipinski definition) is 3. The number of ether oxygens (including phenoxy) is 1. The highest BCUT2D eigenvalue weighted by molar-refractivity contribution is 5.28. The summed E-state index contributed by atoms with van der Waals surface area (Å²) in [6, 6.07) is 8.24. The third-order valence-corrected chi connectivity index (χ3v) is 2.79. The van der Waals surface area contributed by atoms with Crippen molar-refractivity contribution >= 4 is 0 Å². The molecule has 2 N–H and O–H groups in total. The van der Waals surface area contributed by atoms with Gasteiger partial charge in [-0.05, 0) is 24.1 Å². The van der Waals surface area contributed by atoms with Crippen LogP contribution in [0.1, 0.15) is 24.7 Å². The predicted octanol–water partition coefficient (Wildman–Crippen LogP) is 2.53. The van der Waals surface area contributed by atoms with Crippen LogP contribution in [0, 0.1) is 0 Å². The average molecular weight is 259 g/mol. The van der Waals surface area contributed by atoms with Crippen molar-refractivity contribution < 1.29 is 4.74 Å². The van der Waals surface area contributed by atoms with Gasteiger partial charge in [0.05, 0.1) is 6.61 Å². The largest absolute Gasteiger partial charge is 0.494 e. The van der Waals surface area contributed by atoms with Crippen LogP contribution in [0.25, 0.3) is 0 Å². The van der Waals surface area contributed by atoms with Gasteiger partial charge in [-0.15, -0.1) is 0 Å². The topological polar surface area (TPSA) is 49.9 Å². The van der Waals surface area contributed by atoms with E-state index in [1.807, 2.05) is 18.3 Å². The molecule has 0 aliphatic rings. The summed E-state index contributed by atoms with van der Waals surface area (Å²) < 4.78 is 5.62. The van der Waals surface area contributed by atoms with Crippen molar-refractivity contribution in [2.45, 2.75) is 26.3 Å². The predicted molar refractivity (Wildman–Crippen MR) is 76.2 cm³/mol. The minimum Gasteiger partial charge on any atom is -0.494 e. The Labute approximate surface area is 114 Å². The highest BCUT2D eigenvalue weighted by atomic mass is 16.5. The van der Waals surface area contributed by atoms with Gasteiger partial charge in [0.25, 0.3) is 0 Å². The summed E-state index contributed by atoms with van der Waals surface area (Å²) in [4.78, 5) is 7.29. The van der Waals surface area contributed by atoms with Crippen LogP contribution in [0.3, 0.4) is 0 Å². The standard InChI is InChI=1S/C15H21N3O/c1-2-10-19-14-5-3-4-13(11-14)12-16-7-6-15-17-8-9-18-15/h3-5,8-9,11,16H,2,6-7,10,12H2,1H3,(H,17,18). The monoisotopic (exact) mass is 259 g/mol. The SMILES string of the molecule is CCCOc1cccc(CNCCc2ncc[nH]2)c1. The van der Waals surface area contributed by atoms with Crippen LogP contribution < -0.4 is 10.1 Å². The fourth-order valence-electron chi connectivity index (χ4n) is 1.84. The number of nitrogens with one attached hydrogen (secondary N) is 2. The Morgan fingerprint density at radius 1 is 1.37 bits per heavy atom. The maximum atomic E-state index is 5.62. The number of imidazole rings is 1. The summed E-state index contributed by atoms with van der Waals surface area (Å²) >= 11 is 0. The first-order chi connectivity index (χ1) is 9.38. The molecule has 0 saturated heterocycles. The van der Waals surface area contributed by atoms with Gasteiger partial charge in [-0.1, -0.05) is 19.1 Å². The molecule has 1 aromatic carbocycles. The van der Waals surface area contributed by atoms with Gasteiger partial charge in [0.15, 0.2) is 0 Å². The van der Waals surface area contributed by atoms with Gasteiger partial charge in [0.2, 0.25) is 0 Å². The first kappa shape index (κ1) is 13.6. The van der Waals surface area contributed by atoms with E-state index in [9.17, 15) is 0 Å². The molecule has 0 fully saturated rings. The molecule has 102 valence electrons. The van der Waals surface area contributed by atoms with Crippen molar-refractivity contribution in [3.05, 3.63) is 48.0 Å². The fourth-order valence-corrected chi connectivity index (χ4v) is 1.84. The van der Waals surface area contributed by atoms with E-state index in [1.54, 1.807) is 6.20 Å². The Morgan fingerprint density at radius 3 is 3.11 bits per heavy atom. The molecule has 0 aliphatic heterocycles. The zero-order valence-electron chi connectivity index (χ0n) is 11.4. The maximum absolute atomic E-state index is 5.62. The quantitative estimate of drug-likeness (QED) is 0.716. The molecule has 0 bridgehead atoms. The minimum atomic E-state index is 0.773. The first-order valence-corrected chi connectivity index (χ1v) is 6.79. The van der Waals surface area contributed by atoms with Crippen molar-refractivity contribution in [2.24, 2.45) is 0 Å². The van der Waals surface area contributed by atoms with E-state index in [2.05, 4.69) is 34.3 Å². The van der Waals surface area contributed by atoms with Crippen molar-refractivity contribution in [1.29, 1.82) is 0 Å². The smallest absolute Gasteiger partial charge is 0.119 e. The van der Waals surface area contributed by atoms with Crippen molar-refractivity contribution in [2.75, 3.05) is 13.2 Å². The van der Waals surface area contributed by atoms with E-state index < -0.39 is 0 Å². The molecule has 0 radical (unpaired) electrons. The Morgan fingerprint density at radius 2 is 2.32 bits per heavy atom. The fraction of sp³-hybridized carbons (Fsp3) is 0.400. The molecule has 1 heterocycles. The molecule has 2 aromatic rings. The molecular weight excluding hydrogens is 238 g/mol. The number of benzene rings is 1. The Balaban J connectivity index is 1.73. The number of nitrogens with zero attached hydrogens (tertiary/aromatic N) is 1. The lowest BCUT2D eigenvalue weighted by Crippen LogP contribution is -2.17. The van der Waals surface area contributed by atoms with E-state index in [1.165, 1.54) is 5.56 Å². The third-order valence-electron chi connectivity index (χ3n) is 2.79. The van der Waals surface area contributed by atoms with Gasteiger partial charge in [-0.3, -0.25) is 0 Å². The Bertz CT molecular complexity index is 468. The molecule has 0 saturated carbocycles. The molecule has 1 aromatic heterocycles. The van der Waals surface area contributed by atoms with Crippen LogP contribution in [0.5, 0.6) is 5.75 Å². The first-order valence-electron chi connectivity index (χ1n) is 6.79. The van der Waals surface area contributed by atoms with Gasteiger partial charge in [0.1, 0.15) is 11.6 Å². The van der Waals surface area contributed by atoms with E-state index >= 15 is 0 Å². The number of aromatic amines is 1. The lowest BCUT2D eigenvalue weighted by Gasteiger charge is -2.08. The molecule has 0 unspecified atom stereocenters. The summed E-state index contributed by atoms with van der Waals surface area (Å²) in [6.45, 7) is 4.65. The third kappa shape index (κ3) is 4.75. The van der Waals surface area contributed by atoms with Crippen LogP contribution in [-0.4, -0.2) is 23.1 Å². The van der Waals surface area contributed by atoms with Crippen LogP contribution >= 0.6 is 0 Å². The van der Waals surface area contributed by atoms with Crippen LogP contribution in [-0.2, 0) is 13.0 Å². The molecule has 0 atom stereocenters. The van der Waals surface area contributed by atoms with Crippen LogP contribution in [0.15, 0.2) is 36.7 Å². The number of aromatic nitrogens is 2. The molecule has 0 aliphatic carbocycles. The number of hydrogen-bond donors (Lipinski definition) is 2. The van der Waals surface area contributed by atoms with Crippen molar-refractivity contribution in [3.63, 3.8) is 0 Å². The Kier molecular flexibility index (Phi) is 5.44. The van der Waals surface area contributed by atoms with E-state index in [0.717, 1.165) is 44.1 Å². The summed E-state index contributed by atoms with van der Waals surface area (Å²) in [5.74, 6) is 1.97. The Hall–Kier alpha value is -1.81. The van der Waals surface area contributed by atoms with E-state index in [-0.39, 0.29) is 0 Å².